The Balaban J connectivity index is 1.59. The third kappa shape index (κ3) is 3.17. The second kappa shape index (κ2) is 7.67. The quantitative estimate of drug-likeness (QED) is 0.614. The molecular formula is C27H28O7. The number of carbonyl (C=O) groups is 3. The smallest absolute Gasteiger partial charge is 0.342 e. The number of ketones is 1. The van der Waals surface area contributed by atoms with Crippen molar-refractivity contribution in [3.63, 3.8) is 0 Å². The maximum Gasteiger partial charge on any atom is 0.342 e. The summed E-state index contributed by atoms with van der Waals surface area (Å²) in [6, 6.07) is 10.2. The van der Waals surface area contributed by atoms with Gasteiger partial charge in [-0.2, -0.15) is 0 Å². The molecule has 3 aliphatic rings. The summed E-state index contributed by atoms with van der Waals surface area (Å²) >= 11 is 0. The first-order chi connectivity index (χ1) is 16.1. The van der Waals surface area contributed by atoms with Gasteiger partial charge in [0.15, 0.2) is 11.9 Å². The molecule has 5 rings (SSSR count). The van der Waals surface area contributed by atoms with E-state index in [1.807, 2.05) is 33.8 Å². The Morgan fingerprint density at radius 3 is 2.38 bits per heavy atom. The molecule has 0 amide bonds. The first kappa shape index (κ1) is 22.6. The Bertz CT molecular complexity index is 1160. The summed E-state index contributed by atoms with van der Waals surface area (Å²) in [5.74, 6) is -1.42. The van der Waals surface area contributed by atoms with Crippen molar-refractivity contribution in [2.45, 2.75) is 63.9 Å². The summed E-state index contributed by atoms with van der Waals surface area (Å²) in [5, 5.41) is 0. The van der Waals surface area contributed by atoms with E-state index in [9.17, 15) is 14.4 Å². The van der Waals surface area contributed by atoms with Crippen LogP contribution in [0.25, 0.3) is 0 Å². The molecule has 1 saturated carbocycles. The van der Waals surface area contributed by atoms with Gasteiger partial charge in [-0.3, -0.25) is 4.79 Å². The molecule has 1 aliphatic heterocycles. The summed E-state index contributed by atoms with van der Waals surface area (Å²) in [7, 11) is 0. The Labute approximate surface area is 198 Å². The number of fused-ring (bicyclic) bond motifs is 1. The maximum atomic E-state index is 13.3. The molecule has 0 radical (unpaired) electrons. The lowest BCUT2D eigenvalue weighted by molar-refractivity contribution is -0.201. The number of carbonyl (C=O) groups excluding carboxylic acids is 3. The molecule has 1 saturated heterocycles. The predicted octanol–water partition coefficient (Wildman–Crippen LogP) is 4.52. The van der Waals surface area contributed by atoms with Crippen LogP contribution in [0.15, 0.2) is 65.0 Å². The van der Waals surface area contributed by atoms with E-state index in [1.165, 1.54) is 24.7 Å². The number of ether oxygens (including phenoxy) is 3. The number of esters is 2. The minimum absolute atomic E-state index is 0.0934. The normalized spacial score (nSPS) is 33.6. The first-order valence-electron chi connectivity index (χ1n) is 11.5. The molecule has 1 spiro atoms. The van der Waals surface area contributed by atoms with Crippen molar-refractivity contribution in [2.24, 2.45) is 11.3 Å². The molecule has 2 fully saturated rings. The monoisotopic (exact) mass is 464 g/mol. The SMILES string of the molecule is CC1=CC(=O)C(OC(=O)c2ccoc2)C2(C)C(OC(=O)c3ccccc3)CC3CC12OC3(C)C. The van der Waals surface area contributed by atoms with Gasteiger partial charge in [0, 0.05) is 0 Å². The fraction of sp³-hybridized carbons (Fsp3) is 0.444. The van der Waals surface area contributed by atoms with Crippen LogP contribution in [0.1, 0.15) is 61.3 Å². The van der Waals surface area contributed by atoms with Crippen LogP contribution >= 0.6 is 0 Å². The minimum Gasteiger partial charge on any atom is -0.472 e. The van der Waals surface area contributed by atoms with Crippen LogP contribution in [0.4, 0.5) is 0 Å². The van der Waals surface area contributed by atoms with Gasteiger partial charge in [0.05, 0.1) is 28.4 Å². The van der Waals surface area contributed by atoms with Crippen molar-refractivity contribution in [3.05, 3.63) is 71.7 Å². The molecule has 2 aliphatic carbocycles. The second-order valence-electron chi connectivity index (χ2n) is 10.2. The van der Waals surface area contributed by atoms with Crippen molar-refractivity contribution < 1.29 is 33.0 Å². The Morgan fingerprint density at radius 2 is 1.71 bits per heavy atom. The lowest BCUT2D eigenvalue weighted by Crippen LogP contribution is -2.67. The van der Waals surface area contributed by atoms with Crippen LogP contribution in [-0.4, -0.2) is 41.1 Å². The Kier molecular flexibility index (Phi) is 5.09. The zero-order valence-electron chi connectivity index (χ0n) is 19.7. The van der Waals surface area contributed by atoms with Crippen molar-refractivity contribution in [1.82, 2.24) is 0 Å². The summed E-state index contributed by atoms with van der Waals surface area (Å²) < 4.78 is 23.7. The number of rotatable bonds is 4. The van der Waals surface area contributed by atoms with E-state index in [0.717, 1.165) is 5.57 Å². The van der Waals surface area contributed by atoms with Crippen LogP contribution < -0.4 is 0 Å². The Morgan fingerprint density at radius 1 is 1.00 bits per heavy atom. The van der Waals surface area contributed by atoms with Gasteiger partial charge < -0.3 is 18.6 Å². The van der Waals surface area contributed by atoms with Crippen LogP contribution in [-0.2, 0) is 19.0 Å². The van der Waals surface area contributed by atoms with Crippen LogP contribution in [0.5, 0.6) is 0 Å². The highest BCUT2D eigenvalue weighted by Crippen LogP contribution is 2.65. The van der Waals surface area contributed by atoms with Gasteiger partial charge in [0.2, 0.25) is 0 Å². The average Bonchev–Trinajstić information content (AvgIpc) is 3.41. The lowest BCUT2D eigenvalue weighted by atomic mass is 9.52. The van der Waals surface area contributed by atoms with Crippen LogP contribution in [0.3, 0.4) is 0 Å². The average molecular weight is 465 g/mol. The van der Waals surface area contributed by atoms with E-state index in [1.54, 1.807) is 24.3 Å². The van der Waals surface area contributed by atoms with Gasteiger partial charge in [-0.05, 0) is 76.3 Å². The van der Waals surface area contributed by atoms with E-state index in [4.69, 9.17) is 18.6 Å². The summed E-state index contributed by atoms with van der Waals surface area (Å²) in [5.41, 5.74) is -1.18. The standard InChI is InChI=1S/C27H28O7/c1-16-12-20(28)22(33-24(30)18-10-11-31-15-18)26(4)21(32-23(29)17-8-6-5-7-9-17)13-19-14-27(16,26)34-25(19,2)3/h5-12,15,19,21-22H,13-14H2,1-4H3. The van der Waals surface area contributed by atoms with Gasteiger partial charge in [-0.25, -0.2) is 9.59 Å². The van der Waals surface area contributed by atoms with Gasteiger partial charge in [0.25, 0.3) is 0 Å². The molecule has 34 heavy (non-hydrogen) atoms. The van der Waals surface area contributed by atoms with E-state index < -0.39 is 40.8 Å². The molecule has 178 valence electrons. The third-order valence-corrected chi connectivity index (χ3v) is 8.03. The fourth-order valence-corrected chi connectivity index (χ4v) is 6.05. The molecule has 2 aromatic rings. The van der Waals surface area contributed by atoms with Gasteiger partial charge in [-0.15, -0.1) is 0 Å². The lowest BCUT2D eigenvalue weighted by Gasteiger charge is -2.56. The van der Waals surface area contributed by atoms with Crippen molar-refractivity contribution in [1.29, 1.82) is 0 Å². The van der Waals surface area contributed by atoms with Crippen molar-refractivity contribution in [3.8, 4) is 0 Å². The first-order valence-corrected chi connectivity index (χ1v) is 11.5. The second-order valence-corrected chi connectivity index (χ2v) is 10.2. The van der Waals surface area contributed by atoms with Gasteiger partial charge >= 0.3 is 11.9 Å². The summed E-state index contributed by atoms with van der Waals surface area (Å²) in [4.78, 5) is 39.3. The van der Waals surface area contributed by atoms with Gasteiger partial charge in [0.1, 0.15) is 18.0 Å². The largest absolute Gasteiger partial charge is 0.472 e. The molecule has 1 aromatic heterocycles. The zero-order chi connectivity index (χ0) is 24.3. The summed E-state index contributed by atoms with van der Waals surface area (Å²) in [6.07, 6.45) is 3.38. The summed E-state index contributed by atoms with van der Waals surface area (Å²) in [6.45, 7) is 7.74. The minimum atomic E-state index is -1.19. The topological polar surface area (TPSA) is 92.0 Å². The van der Waals surface area contributed by atoms with Crippen molar-refractivity contribution >= 4 is 17.7 Å². The van der Waals surface area contributed by atoms with E-state index in [0.29, 0.717) is 18.4 Å². The van der Waals surface area contributed by atoms with Gasteiger partial charge in [-0.1, -0.05) is 18.2 Å². The molecular weight excluding hydrogens is 436 g/mol. The third-order valence-electron chi connectivity index (χ3n) is 8.03. The van der Waals surface area contributed by atoms with Crippen molar-refractivity contribution in [2.75, 3.05) is 0 Å². The fourth-order valence-electron chi connectivity index (χ4n) is 6.05. The molecule has 5 unspecified atom stereocenters. The highest BCUT2D eigenvalue weighted by molar-refractivity contribution is 6.00. The highest BCUT2D eigenvalue weighted by Gasteiger charge is 2.73. The highest BCUT2D eigenvalue weighted by atomic mass is 16.6. The molecule has 2 bridgehead atoms. The molecule has 0 N–H and O–H groups in total. The van der Waals surface area contributed by atoms with E-state index in [2.05, 4.69) is 0 Å². The number of furan rings is 1. The molecule has 1 aromatic carbocycles. The number of hydrogen-bond donors (Lipinski definition) is 0. The Hall–Kier alpha value is -3.19. The zero-order valence-corrected chi connectivity index (χ0v) is 19.7. The van der Waals surface area contributed by atoms with Crippen LogP contribution in [0.2, 0.25) is 0 Å². The maximum absolute atomic E-state index is 13.3. The molecule has 5 atom stereocenters. The molecule has 7 heteroatoms. The predicted molar refractivity (Wildman–Crippen MR) is 121 cm³/mol. The molecule has 2 heterocycles. The van der Waals surface area contributed by atoms with E-state index in [-0.39, 0.29) is 17.3 Å². The number of hydrogen-bond acceptors (Lipinski definition) is 7. The number of benzene rings is 1. The van der Waals surface area contributed by atoms with E-state index >= 15 is 0 Å². The molecule has 7 nitrogen and oxygen atoms in total. The van der Waals surface area contributed by atoms with Crippen LogP contribution in [0, 0.1) is 11.3 Å².